The highest BCUT2D eigenvalue weighted by Gasteiger charge is 2.23. The fourth-order valence-corrected chi connectivity index (χ4v) is 3.64. The van der Waals surface area contributed by atoms with Gasteiger partial charge in [-0.25, -0.2) is 4.79 Å². The number of hydrogen-bond donors (Lipinski definition) is 2. The first-order valence-electron chi connectivity index (χ1n) is 9.64. The zero-order valence-corrected chi connectivity index (χ0v) is 16.2. The van der Waals surface area contributed by atoms with Crippen molar-refractivity contribution in [3.63, 3.8) is 0 Å². The number of likely N-dealkylation sites (tertiary alicyclic amines) is 1. The lowest BCUT2D eigenvalue weighted by Crippen LogP contribution is -2.38. The zero-order valence-electron chi connectivity index (χ0n) is 16.2. The Bertz CT molecular complexity index is 812. The molecule has 6 nitrogen and oxygen atoms in total. The van der Waals surface area contributed by atoms with E-state index < -0.39 is 6.03 Å². The van der Waals surface area contributed by atoms with Gasteiger partial charge in [0, 0.05) is 24.3 Å². The molecule has 1 heterocycles. The monoisotopic (exact) mass is 381 g/mol. The Hall–Kier alpha value is -3.02. The van der Waals surface area contributed by atoms with Crippen LogP contribution in [0.15, 0.2) is 48.5 Å². The number of rotatable bonds is 6. The van der Waals surface area contributed by atoms with E-state index in [0.29, 0.717) is 17.2 Å². The van der Waals surface area contributed by atoms with Gasteiger partial charge in [0.1, 0.15) is 5.75 Å². The average molecular weight is 381 g/mol. The van der Waals surface area contributed by atoms with Gasteiger partial charge in [-0.1, -0.05) is 18.2 Å². The summed E-state index contributed by atoms with van der Waals surface area (Å²) in [5.74, 6) is 1.52. The summed E-state index contributed by atoms with van der Waals surface area (Å²) in [6.45, 7) is 1.53. The topological polar surface area (TPSA) is 84.7 Å². The molecule has 3 rings (SSSR count). The van der Waals surface area contributed by atoms with E-state index >= 15 is 0 Å². The lowest BCUT2D eigenvalue weighted by molar-refractivity contribution is 0.0687. The molecule has 148 valence electrons. The van der Waals surface area contributed by atoms with Crippen LogP contribution in [0.1, 0.15) is 35.2 Å². The molecule has 0 spiro atoms. The molecule has 0 bridgehead atoms. The predicted octanol–water partition coefficient (Wildman–Crippen LogP) is 3.67. The minimum atomic E-state index is -0.637. The Labute approximate surface area is 165 Å². The average Bonchev–Trinajstić information content (AvgIpc) is 2.72. The first-order chi connectivity index (χ1) is 13.5. The van der Waals surface area contributed by atoms with Crippen molar-refractivity contribution in [3.8, 4) is 5.75 Å². The summed E-state index contributed by atoms with van der Waals surface area (Å²) in [4.78, 5) is 25.6. The van der Waals surface area contributed by atoms with E-state index in [2.05, 4.69) is 17.4 Å². The molecule has 0 saturated carbocycles. The third-order valence-corrected chi connectivity index (χ3v) is 5.28. The first kappa shape index (κ1) is 19.7. The molecular weight excluding hydrogens is 354 g/mol. The molecule has 2 aromatic rings. The fraction of sp³-hybridized carbons (Fsp3) is 0.364. The van der Waals surface area contributed by atoms with Crippen LogP contribution in [0.25, 0.3) is 0 Å². The van der Waals surface area contributed by atoms with Crippen LogP contribution < -0.4 is 15.8 Å². The number of nitrogens with one attached hydrogen (secondary N) is 1. The summed E-state index contributed by atoms with van der Waals surface area (Å²) in [6, 6.07) is 14.5. The third kappa shape index (κ3) is 5.25. The van der Waals surface area contributed by atoms with Gasteiger partial charge in [-0.05, 0) is 67.5 Å². The maximum atomic E-state index is 12.8. The van der Waals surface area contributed by atoms with Crippen molar-refractivity contribution in [1.29, 1.82) is 0 Å². The van der Waals surface area contributed by atoms with Crippen LogP contribution in [-0.4, -0.2) is 37.0 Å². The number of primary amides is 1. The van der Waals surface area contributed by atoms with Crippen LogP contribution in [0, 0.1) is 5.92 Å². The van der Waals surface area contributed by atoms with E-state index in [9.17, 15) is 9.59 Å². The summed E-state index contributed by atoms with van der Waals surface area (Å²) >= 11 is 0. The predicted molar refractivity (Wildman–Crippen MR) is 110 cm³/mol. The number of anilines is 1. The van der Waals surface area contributed by atoms with Gasteiger partial charge in [-0.2, -0.15) is 0 Å². The number of urea groups is 1. The Morgan fingerprint density at radius 2 is 1.86 bits per heavy atom. The molecule has 0 unspecified atom stereocenters. The number of aryl methyl sites for hydroxylation is 1. The Balaban J connectivity index is 1.49. The number of piperidine rings is 1. The summed E-state index contributed by atoms with van der Waals surface area (Å²) < 4.78 is 5.20. The Morgan fingerprint density at radius 1 is 1.14 bits per heavy atom. The summed E-state index contributed by atoms with van der Waals surface area (Å²) in [7, 11) is 1.68. The van der Waals surface area contributed by atoms with E-state index in [0.717, 1.165) is 44.5 Å². The number of amides is 3. The summed E-state index contributed by atoms with van der Waals surface area (Å²) in [6.07, 6.45) is 4.21. The number of hydrogen-bond acceptors (Lipinski definition) is 3. The van der Waals surface area contributed by atoms with Crippen molar-refractivity contribution in [2.75, 3.05) is 25.5 Å². The van der Waals surface area contributed by atoms with Crippen LogP contribution in [0.4, 0.5) is 10.5 Å². The smallest absolute Gasteiger partial charge is 0.316 e. The molecule has 3 N–H and O–H groups in total. The second-order valence-electron chi connectivity index (χ2n) is 7.19. The minimum Gasteiger partial charge on any atom is -0.497 e. The quantitative estimate of drug-likeness (QED) is 0.801. The molecule has 0 aromatic heterocycles. The maximum Gasteiger partial charge on any atom is 0.316 e. The van der Waals surface area contributed by atoms with E-state index in [1.807, 2.05) is 17.0 Å². The molecule has 1 fully saturated rings. The molecule has 0 aliphatic carbocycles. The number of benzene rings is 2. The summed E-state index contributed by atoms with van der Waals surface area (Å²) in [5.41, 5.74) is 7.57. The van der Waals surface area contributed by atoms with Crippen molar-refractivity contribution in [2.24, 2.45) is 11.7 Å². The molecule has 0 radical (unpaired) electrons. The molecule has 28 heavy (non-hydrogen) atoms. The van der Waals surface area contributed by atoms with Crippen LogP contribution in [0.2, 0.25) is 0 Å². The highest BCUT2D eigenvalue weighted by Crippen LogP contribution is 2.24. The molecule has 0 atom stereocenters. The second-order valence-corrected chi connectivity index (χ2v) is 7.19. The van der Waals surface area contributed by atoms with Gasteiger partial charge < -0.3 is 20.7 Å². The molecular formula is C22H27N3O3. The Kier molecular flexibility index (Phi) is 6.53. The molecule has 3 amide bonds. The minimum absolute atomic E-state index is 0.00160. The molecule has 1 saturated heterocycles. The van der Waals surface area contributed by atoms with Gasteiger partial charge in [-0.3, -0.25) is 4.79 Å². The van der Waals surface area contributed by atoms with Gasteiger partial charge in [0.15, 0.2) is 0 Å². The number of carbonyl (C=O) groups is 2. The van der Waals surface area contributed by atoms with E-state index in [4.69, 9.17) is 10.5 Å². The van der Waals surface area contributed by atoms with Crippen molar-refractivity contribution in [3.05, 3.63) is 59.7 Å². The number of nitrogens with two attached hydrogens (primary N) is 1. The van der Waals surface area contributed by atoms with Crippen LogP contribution >= 0.6 is 0 Å². The van der Waals surface area contributed by atoms with Gasteiger partial charge in [0.25, 0.3) is 5.91 Å². The number of carbonyl (C=O) groups excluding carboxylic acids is 2. The Morgan fingerprint density at radius 3 is 2.50 bits per heavy atom. The van der Waals surface area contributed by atoms with Crippen LogP contribution in [-0.2, 0) is 6.42 Å². The van der Waals surface area contributed by atoms with Crippen molar-refractivity contribution in [2.45, 2.75) is 25.7 Å². The lowest BCUT2D eigenvalue weighted by Gasteiger charge is -2.32. The maximum absolute atomic E-state index is 12.8. The number of methoxy groups -OCH3 is 1. The molecule has 1 aliphatic heterocycles. The van der Waals surface area contributed by atoms with Crippen molar-refractivity contribution < 1.29 is 14.3 Å². The van der Waals surface area contributed by atoms with Crippen molar-refractivity contribution in [1.82, 2.24) is 4.90 Å². The van der Waals surface area contributed by atoms with Gasteiger partial charge in [-0.15, -0.1) is 0 Å². The highest BCUT2D eigenvalue weighted by molar-refractivity contribution is 5.96. The lowest BCUT2D eigenvalue weighted by atomic mass is 9.90. The number of ether oxygens (including phenoxy) is 1. The van der Waals surface area contributed by atoms with E-state index in [-0.39, 0.29) is 5.91 Å². The zero-order chi connectivity index (χ0) is 19.9. The standard InChI is InChI=1S/C22H27N3O3/c1-28-20-9-7-16(8-10-20)5-6-17-11-13-25(14-12-17)21(26)18-3-2-4-19(15-18)24-22(23)27/h2-4,7-10,15,17H,5-6,11-14H2,1H3,(H3,23,24,27). The van der Waals surface area contributed by atoms with Crippen molar-refractivity contribution >= 4 is 17.6 Å². The summed E-state index contributed by atoms with van der Waals surface area (Å²) in [5, 5.41) is 2.51. The van der Waals surface area contributed by atoms with Gasteiger partial charge in [0.05, 0.1) is 7.11 Å². The molecule has 1 aliphatic rings. The molecule has 6 heteroatoms. The third-order valence-electron chi connectivity index (χ3n) is 5.28. The van der Waals surface area contributed by atoms with Gasteiger partial charge in [0.2, 0.25) is 0 Å². The van der Waals surface area contributed by atoms with Crippen LogP contribution in [0.3, 0.4) is 0 Å². The first-order valence-corrected chi connectivity index (χ1v) is 9.64. The van der Waals surface area contributed by atoms with Crippen LogP contribution in [0.5, 0.6) is 5.75 Å². The largest absolute Gasteiger partial charge is 0.497 e. The highest BCUT2D eigenvalue weighted by atomic mass is 16.5. The molecule has 2 aromatic carbocycles. The normalized spacial score (nSPS) is 14.5. The van der Waals surface area contributed by atoms with E-state index in [1.54, 1.807) is 31.4 Å². The second kappa shape index (κ2) is 9.26. The fourth-order valence-electron chi connectivity index (χ4n) is 3.64. The SMILES string of the molecule is COc1ccc(CCC2CCN(C(=O)c3cccc(NC(N)=O)c3)CC2)cc1. The number of nitrogens with zero attached hydrogens (tertiary/aromatic N) is 1. The van der Waals surface area contributed by atoms with E-state index in [1.165, 1.54) is 5.56 Å². The van der Waals surface area contributed by atoms with Gasteiger partial charge >= 0.3 is 6.03 Å².